The predicted octanol–water partition coefficient (Wildman–Crippen LogP) is 4.09. The van der Waals surface area contributed by atoms with Crippen LogP contribution in [0.3, 0.4) is 0 Å². The van der Waals surface area contributed by atoms with Crippen molar-refractivity contribution in [3.05, 3.63) is 24.3 Å². The van der Waals surface area contributed by atoms with Crippen LogP contribution in [0.1, 0.15) is 44.9 Å². The zero-order valence-electron chi connectivity index (χ0n) is 21.0. The van der Waals surface area contributed by atoms with Crippen molar-refractivity contribution in [1.82, 2.24) is 14.6 Å². The lowest BCUT2D eigenvalue weighted by Crippen LogP contribution is -2.50. The molecule has 4 aliphatic rings. The standard InChI is InChI=1S/C28H38N4O3S/c33-27(24-18-9-10-19(15-18)25(24)28(34)35)29-16-20-5-1-2-6-21(20)17-31-11-13-32(14-12-31)26-22-7-3-4-8-23(22)36-30-26/h3-4,7-8,18-21,24-25H,1-2,5-6,9-17H2,(H,29,33)(H,34,35)/t18-,19+,20+,21+,24-,25+/m1/s1. The molecule has 1 aliphatic heterocycles. The molecule has 0 spiro atoms. The Bertz CT molecular complexity index is 1100. The SMILES string of the molecule is O=C(NC[C@@H]1CCCC[C@H]1CN1CCN(c2nsc3ccccc23)CC1)[C@@H]1[C@@H]2CC[C@@H](C2)[C@@H]1C(=O)O. The largest absolute Gasteiger partial charge is 0.481 e. The van der Waals surface area contributed by atoms with E-state index < -0.39 is 11.9 Å². The van der Waals surface area contributed by atoms with Crippen molar-refractivity contribution in [3.8, 4) is 0 Å². The van der Waals surface area contributed by atoms with Crippen LogP contribution in [0.4, 0.5) is 5.82 Å². The molecular formula is C28H38N4O3S. The second kappa shape index (κ2) is 10.3. The number of carboxylic acids is 1. The number of piperazine rings is 1. The van der Waals surface area contributed by atoms with E-state index in [0.717, 1.165) is 64.2 Å². The van der Waals surface area contributed by atoms with Crippen molar-refractivity contribution in [3.63, 3.8) is 0 Å². The Morgan fingerprint density at radius 3 is 2.47 bits per heavy atom. The van der Waals surface area contributed by atoms with Crippen LogP contribution in [0.25, 0.3) is 10.1 Å². The lowest BCUT2D eigenvalue weighted by atomic mass is 9.77. The van der Waals surface area contributed by atoms with Crippen molar-refractivity contribution >= 4 is 39.3 Å². The summed E-state index contributed by atoms with van der Waals surface area (Å²) in [6.07, 6.45) is 7.80. The molecule has 6 atom stereocenters. The van der Waals surface area contributed by atoms with Crippen LogP contribution in [0, 0.1) is 35.5 Å². The van der Waals surface area contributed by atoms with Gasteiger partial charge in [-0.3, -0.25) is 14.5 Å². The number of aliphatic carboxylic acids is 1. The number of nitrogens with one attached hydrogen (secondary N) is 1. The number of anilines is 1. The normalized spacial score (nSPS) is 32.7. The van der Waals surface area contributed by atoms with E-state index in [2.05, 4.69) is 39.4 Å². The smallest absolute Gasteiger partial charge is 0.307 e. The Hall–Kier alpha value is -2.19. The van der Waals surface area contributed by atoms with Crippen molar-refractivity contribution in [2.75, 3.05) is 44.2 Å². The molecule has 3 saturated carbocycles. The summed E-state index contributed by atoms with van der Waals surface area (Å²) < 4.78 is 6.00. The number of carbonyl (C=O) groups excluding carboxylic acids is 1. The van der Waals surface area contributed by atoms with Crippen LogP contribution in [0.5, 0.6) is 0 Å². The molecule has 3 aliphatic carbocycles. The Labute approximate surface area is 217 Å². The third kappa shape index (κ3) is 4.62. The highest BCUT2D eigenvalue weighted by atomic mass is 32.1. The van der Waals surface area contributed by atoms with E-state index in [0.29, 0.717) is 18.4 Å². The molecule has 0 radical (unpaired) electrons. The molecule has 2 heterocycles. The minimum Gasteiger partial charge on any atom is -0.481 e. The minimum atomic E-state index is -0.775. The maximum Gasteiger partial charge on any atom is 0.307 e. The average molecular weight is 511 g/mol. The van der Waals surface area contributed by atoms with E-state index in [-0.39, 0.29) is 23.7 Å². The first-order chi connectivity index (χ1) is 17.6. The summed E-state index contributed by atoms with van der Waals surface area (Å²) in [6, 6.07) is 8.50. The van der Waals surface area contributed by atoms with Crippen LogP contribution < -0.4 is 10.2 Å². The third-order valence-electron chi connectivity index (χ3n) is 9.63. The van der Waals surface area contributed by atoms with Crippen molar-refractivity contribution in [1.29, 1.82) is 0 Å². The summed E-state index contributed by atoms with van der Waals surface area (Å²) in [4.78, 5) is 30.0. The monoisotopic (exact) mass is 510 g/mol. The first-order valence-electron chi connectivity index (χ1n) is 13.9. The Balaban J connectivity index is 1.02. The minimum absolute atomic E-state index is 0.00280. The number of aromatic nitrogens is 1. The van der Waals surface area contributed by atoms with Crippen molar-refractivity contribution in [2.45, 2.75) is 44.9 Å². The van der Waals surface area contributed by atoms with Crippen LogP contribution in [0.15, 0.2) is 24.3 Å². The van der Waals surface area contributed by atoms with E-state index in [1.54, 1.807) is 11.5 Å². The van der Waals surface area contributed by atoms with Crippen LogP contribution in [-0.2, 0) is 9.59 Å². The molecule has 0 unspecified atom stereocenters. The molecule has 2 aromatic rings. The number of nitrogens with zero attached hydrogens (tertiary/aromatic N) is 3. The molecule has 1 saturated heterocycles. The second-order valence-electron chi connectivity index (χ2n) is 11.6. The fourth-order valence-electron chi connectivity index (χ4n) is 7.74. The van der Waals surface area contributed by atoms with Gasteiger partial charge in [-0.2, -0.15) is 4.37 Å². The molecule has 36 heavy (non-hydrogen) atoms. The molecule has 4 fully saturated rings. The average Bonchev–Trinajstić information content (AvgIpc) is 3.63. The van der Waals surface area contributed by atoms with Gasteiger partial charge in [0, 0.05) is 44.7 Å². The fourth-order valence-corrected chi connectivity index (χ4v) is 8.54. The van der Waals surface area contributed by atoms with Gasteiger partial charge in [0.1, 0.15) is 5.82 Å². The van der Waals surface area contributed by atoms with Gasteiger partial charge in [0.15, 0.2) is 0 Å². The molecule has 1 aromatic carbocycles. The summed E-state index contributed by atoms with van der Waals surface area (Å²) in [5.74, 6) is 1.12. The zero-order valence-corrected chi connectivity index (χ0v) is 21.8. The van der Waals surface area contributed by atoms with E-state index in [1.165, 1.54) is 29.3 Å². The number of carbonyl (C=O) groups is 2. The molecule has 8 heteroatoms. The van der Waals surface area contributed by atoms with Crippen LogP contribution in [0.2, 0.25) is 0 Å². The molecule has 194 valence electrons. The number of amides is 1. The third-order valence-corrected chi connectivity index (χ3v) is 10.4. The van der Waals surface area contributed by atoms with Gasteiger partial charge >= 0.3 is 5.97 Å². The zero-order chi connectivity index (χ0) is 24.6. The topological polar surface area (TPSA) is 85.8 Å². The molecule has 2 N–H and O–H groups in total. The van der Waals surface area contributed by atoms with Crippen LogP contribution >= 0.6 is 11.5 Å². The number of hydrogen-bond acceptors (Lipinski definition) is 6. The molecule has 6 rings (SSSR count). The van der Waals surface area contributed by atoms with Gasteiger partial charge in [0.2, 0.25) is 5.91 Å². The summed E-state index contributed by atoms with van der Waals surface area (Å²) >= 11 is 1.59. The maximum atomic E-state index is 13.1. The lowest BCUT2D eigenvalue weighted by Gasteiger charge is -2.40. The molecule has 2 bridgehead atoms. The second-order valence-corrected chi connectivity index (χ2v) is 12.4. The Morgan fingerprint density at radius 1 is 0.972 bits per heavy atom. The number of benzene rings is 1. The highest BCUT2D eigenvalue weighted by Crippen LogP contribution is 2.52. The first kappa shape index (κ1) is 24.2. The highest BCUT2D eigenvalue weighted by molar-refractivity contribution is 7.13. The predicted molar refractivity (Wildman–Crippen MR) is 142 cm³/mol. The van der Waals surface area contributed by atoms with Crippen LogP contribution in [-0.4, -0.2) is 65.5 Å². The van der Waals surface area contributed by atoms with Gasteiger partial charge in [0.05, 0.1) is 16.5 Å². The van der Waals surface area contributed by atoms with Crippen molar-refractivity contribution in [2.24, 2.45) is 35.5 Å². The van der Waals surface area contributed by atoms with E-state index >= 15 is 0 Å². The first-order valence-corrected chi connectivity index (χ1v) is 14.7. The van der Waals surface area contributed by atoms with Gasteiger partial charge in [-0.15, -0.1) is 0 Å². The number of fused-ring (bicyclic) bond motifs is 3. The quantitative estimate of drug-likeness (QED) is 0.584. The number of carboxylic acid groups (broad SMARTS) is 1. The van der Waals surface area contributed by atoms with E-state index in [9.17, 15) is 14.7 Å². The van der Waals surface area contributed by atoms with Gasteiger partial charge in [-0.25, -0.2) is 0 Å². The van der Waals surface area contributed by atoms with Gasteiger partial charge in [-0.1, -0.05) is 25.0 Å². The number of hydrogen-bond donors (Lipinski definition) is 2. The summed E-state index contributed by atoms with van der Waals surface area (Å²) in [5.41, 5.74) is 0. The van der Waals surface area contributed by atoms with E-state index in [1.807, 2.05) is 0 Å². The van der Waals surface area contributed by atoms with Gasteiger partial charge in [0.25, 0.3) is 0 Å². The van der Waals surface area contributed by atoms with Gasteiger partial charge in [-0.05, 0) is 79.4 Å². The molecular weight excluding hydrogens is 472 g/mol. The maximum absolute atomic E-state index is 13.1. The summed E-state index contributed by atoms with van der Waals surface area (Å²) in [5, 5.41) is 14.2. The lowest BCUT2D eigenvalue weighted by molar-refractivity contribution is -0.149. The molecule has 7 nitrogen and oxygen atoms in total. The summed E-state index contributed by atoms with van der Waals surface area (Å²) in [7, 11) is 0. The molecule has 1 aromatic heterocycles. The van der Waals surface area contributed by atoms with Gasteiger partial charge < -0.3 is 15.3 Å². The summed E-state index contributed by atoms with van der Waals surface area (Å²) in [6.45, 7) is 5.90. The van der Waals surface area contributed by atoms with Crippen molar-refractivity contribution < 1.29 is 14.7 Å². The molecule has 1 amide bonds. The Kier molecular flexibility index (Phi) is 6.90. The fraction of sp³-hybridized carbons (Fsp3) is 0.679. The Morgan fingerprint density at radius 2 is 1.69 bits per heavy atom. The van der Waals surface area contributed by atoms with E-state index in [4.69, 9.17) is 4.37 Å². The highest BCUT2D eigenvalue weighted by Gasteiger charge is 2.54. The number of rotatable bonds is 7.